The van der Waals surface area contributed by atoms with Crippen LogP contribution in [0.2, 0.25) is 0 Å². The molecule has 0 saturated heterocycles. The van der Waals surface area contributed by atoms with Crippen molar-refractivity contribution in [1.29, 1.82) is 0 Å². The van der Waals surface area contributed by atoms with E-state index in [9.17, 15) is 14.4 Å². The summed E-state index contributed by atoms with van der Waals surface area (Å²) in [5.74, 6) is -0.0989. The lowest BCUT2D eigenvalue weighted by atomic mass is 10.2. The van der Waals surface area contributed by atoms with E-state index in [1.54, 1.807) is 9.80 Å². The Labute approximate surface area is 193 Å². The lowest BCUT2D eigenvalue weighted by Crippen LogP contribution is -2.44. The van der Waals surface area contributed by atoms with Crippen molar-refractivity contribution in [2.75, 3.05) is 28.6 Å². The summed E-state index contributed by atoms with van der Waals surface area (Å²) >= 11 is 0. The van der Waals surface area contributed by atoms with Gasteiger partial charge in [-0.3, -0.25) is 19.1 Å². The highest BCUT2D eigenvalue weighted by Crippen LogP contribution is 2.20. The molecule has 8 nitrogen and oxygen atoms in total. The van der Waals surface area contributed by atoms with Gasteiger partial charge in [0.1, 0.15) is 11.5 Å². The Morgan fingerprint density at radius 1 is 1.00 bits per heavy atom. The molecule has 1 aromatic heterocycles. The first-order valence-electron chi connectivity index (χ1n) is 11.2. The highest BCUT2D eigenvalue weighted by molar-refractivity contribution is 5.96. The molecular weight excluding hydrogens is 418 g/mol. The summed E-state index contributed by atoms with van der Waals surface area (Å²) in [6, 6.07) is 19.1. The molecule has 0 radical (unpaired) electrons. The van der Waals surface area contributed by atoms with Crippen LogP contribution >= 0.6 is 0 Å². The zero-order valence-electron chi connectivity index (χ0n) is 19.2. The van der Waals surface area contributed by atoms with E-state index in [2.05, 4.69) is 4.98 Å². The van der Waals surface area contributed by atoms with E-state index in [1.165, 1.54) is 4.57 Å². The van der Waals surface area contributed by atoms with Gasteiger partial charge in [-0.05, 0) is 31.0 Å². The third kappa shape index (κ3) is 5.71. The normalized spacial score (nSPS) is 10.7. The van der Waals surface area contributed by atoms with Crippen LogP contribution < -0.4 is 26.8 Å². The Kier molecular flexibility index (Phi) is 8.07. The average Bonchev–Trinajstić information content (AvgIpc) is 2.82. The molecule has 1 amide bonds. The molecule has 0 fully saturated rings. The molecule has 33 heavy (non-hydrogen) atoms. The Hall–Kier alpha value is -3.81. The van der Waals surface area contributed by atoms with Gasteiger partial charge < -0.3 is 15.5 Å². The van der Waals surface area contributed by atoms with Crippen molar-refractivity contribution in [3.8, 4) is 0 Å². The maximum atomic E-state index is 13.5. The van der Waals surface area contributed by atoms with E-state index < -0.39 is 11.2 Å². The van der Waals surface area contributed by atoms with Crippen LogP contribution in [0.4, 0.5) is 17.2 Å². The van der Waals surface area contributed by atoms with Crippen molar-refractivity contribution in [3.05, 3.63) is 87.1 Å². The van der Waals surface area contributed by atoms with E-state index in [0.29, 0.717) is 19.6 Å². The summed E-state index contributed by atoms with van der Waals surface area (Å²) in [6.45, 7) is 4.97. The molecule has 3 N–H and O–H groups in total. The molecule has 0 unspecified atom stereocenters. The monoisotopic (exact) mass is 449 g/mol. The van der Waals surface area contributed by atoms with Gasteiger partial charge >= 0.3 is 5.69 Å². The van der Waals surface area contributed by atoms with Gasteiger partial charge in [0.05, 0.1) is 13.1 Å². The highest BCUT2D eigenvalue weighted by Gasteiger charge is 2.23. The lowest BCUT2D eigenvalue weighted by molar-refractivity contribution is -0.117. The van der Waals surface area contributed by atoms with Gasteiger partial charge in [-0.25, -0.2) is 4.79 Å². The number of unbranched alkanes of at least 4 members (excludes halogenated alkanes) is 1. The van der Waals surface area contributed by atoms with E-state index in [0.717, 1.165) is 24.1 Å². The fourth-order valence-electron chi connectivity index (χ4n) is 3.72. The molecule has 0 saturated carbocycles. The molecule has 174 valence electrons. The van der Waals surface area contributed by atoms with Gasteiger partial charge in [-0.15, -0.1) is 0 Å². The second-order valence-electron chi connectivity index (χ2n) is 7.81. The summed E-state index contributed by atoms with van der Waals surface area (Å²) < 4.78 is 1.37. The number of hydrogen-bond acceptors (Lipinski definition) is 5. The van der Waals surface area contributed by atoms with Crippen molar-refractivity contribution in [3.63, 3.8) is 0 Å². The number of anilines is 3. The van der Waals surface area contributed by atoms with Gasteiger partial charge in [-0.1, -0.05) is 61.9 Å². The van der Waals surface area contributed by atoms with Gasteiger partial charge in [0.2, 0.25) is 5.91 Å². The second-order valence-corrected chi connectivity index (χ2v) is 7.81. The number of carbonyl (C=O) groups is 1. The molecule has 0 bridgehead atoms. The van der Waals surface area contributed by atoms with Gasteiger partial charge in [0.15, 0.2) is 0 Å². The molecule has 8 heteroatoms. The minimum atomic E-state index is -0.589. The number of benzene rings is 2. The number of para-hydroxylation sites is 1. The number of nitrogens with zero attached hydrogens (tertiary/aromatic N) is 3. The average molecular weight is 450 g/mol. The van der Waals surface area contributed by atoms with E-state index in [-0.39, 0.29) is 24.0 Å². The van der Waals surface area contributed by atoms with Crippen LogP contribution in [0, 0.1) is 0 Å². The maximum Gasteiger partial charge on any atom is 0.330 e. The molecule has 0 atom stereocenters. The van der Waals surface area contributed by atoms with Crippen molar-refractivity contribution < 1.29 is 4.79 Å². The van der Waals surface area contributed by atoms with Crippen molar-refractivity contribution in [1.82, 2.24) is 9.55 Å². The topological polar surface area (TPSA) is 104 Å². The predicted octanol–water partition coefficient (Wildman–Crippen LogP) is 2.98. The van der Waals surface area contributed by atoms with Crippen molar-refractivity contribution in [2.24, 2.45) is 0 Å². The summed E-state index contributed by atoms with van der Waals surface area (Å²) in [7, 11) is 0. The van der Waals surface area contributed by atoms with Crippen LogP contribution in [0.5, 0.6) is 0 Å². The number of amides is 1. The first-order chi connectivity index (χ1) is 16.0. The van der Waals surface area contributed by atoms with Crippen LogP contribution in [0.3, 0.4) is 0 Å². The first kappa shape index (κ1) is 23.8. The molecule has 1 heterocycles. The summed E-state index contributed by atoms with van der Waals surface area (Å²) in [4.78, 5) is 44.1. The third-order valence-corrected chi connectivity index (χ3v) is 5.53. The number of aromatic amines is 1. The van der Waals surface area contributed by atoms with E-state index in [4.69, 9.17) is 5.73 Å². The molecule has 0 aliphatic heterocycles. The maximum absolute atomic E-state index is 13.5. The molecule has 0 aliphatic carbocycles. The largest absolute Gasteiger partial charge is 0.383 e. The van der Waals surface area contributed by atoms with Crippen LogP contribution in [-0.2, 0) is 17.9 Å². The number of H-pyrrole nitrogens is 1. The number of nitrogens with two attached hydrogens (primary N) is 1. The summed E-state index contributed by atoms with van der Waals surface area (Å²) in [6.07, 6.45) is 1.63. The number of nitrogens with one attached hydrogen (secondary N) is 1. The lowest BCUT2D eigenvalue weighted by Gasteiger charge is -2.29. The Balaban J connectivity index is 1.94. The highest BCUT2D eigenvalue weighted by atomic mass is 16.2. The van der Waals surface area contributed by atoms with E-state index >= 15 is 0 Å². The Morgan fingerprint density at radius 3 is 2.24 bits per heavy atom. The summed E-state index contributed by atoms with van der Waals surface area (Å²) in [5.41, 5.74) is 7.04. The molecule has 0 spiro atoms. The minimum absolute atomic E-state index is 0.0580. The number of nitrogen functional groups attached to an aromatic ring is 1. The first-order valence-corrected chi connectivity index (χ1v) is 11.2. The van der Waals surface area contributed by atoms with Crippen LogP contribution in [0.15, 0.2) is 70.3 Å². The SMILES string of the molecule is CCCCn1c(N)c(N(CC)CC(=O)N(Cc2ccccc2)c2ccccc2)c(=O)[nH]c1=O. The predicted molar refractivity (Wildman–Crippen MR) is 133 cm³/mol. The van der Waals surface area contributed by atoms with E-state index in [1.807, 2.05) is 74.5 Å². The molecule has 3 aromatic rings. The number of rotatable bonds is 10. The number of aromatic nitrogens is 2. The standard InChI is InChI=1S/C25H31N5O3/c1-3-5-16-29-23(26)22(24(32)27-25(29)33)28(4-2)18-21(31)30(20-14-10-7-11-15-20)17-19-12-8-6-9-13-19/h6-15H,3-5,16-18,26H2,1-2H3,(H,27,32,33). The third-order valence-electron chi connectivity index (χ3n) is 5.53. The van der Waals surface area contributed by atoms with Crippen molar-refractivity contribution in [2.45, 2.75) is 39.8 Å². The van der Waals surface area contributed by atoms with Gasteiger partial charge in [0, 0.05) is 18.8 Å². The molecule has 0 aliphatic rings. The fourth-order valence-corrected chi connectivity index (χ4v) is 3.72. The van der Waals surface area contributed by atoms with Crippen LogP contribution in [0.25, 0.3) is 0 Å². The second kappa shape index (κ2) is 11.2. The number of hydrogen-bond donors (Lipinski definition) is 2. The van der Waals surface area contributed by atoms with Crippen LogP contribution in [0.1, 0.15) is 32.3 Å². The zero-order valence-corrected chi connectivity index (χ0v) is 19.2. The number of likely N-dealkylation sites (N-methyl/N-ethyl adjacent to an activating group) is 1. The van der Waals surface area contributed by atoms with Gasteiger partial charge in [0.25, 0.3) is 5.56 Å². The minimum Gasteiger partial charge on any atom is -0.383 e. The number of carbonyl (C=O) groups excluding carboxylic acids is 1. The fraction of sp³-hybridized carbons (Fsp3) is 0.320. The van der Waals surface area contributed by atoms with Crippen LogP contribution in [-0.4, -0.2) is 28.5 Å². The molecule has 3 rings (SSSR count). The smallest absolute Gasteiger partial charge is 0.330 e. The Morgan fingerprint density at radius 2 is 1.64 bits per heavy atom. The zero-order chi connectivity index (χ0) is 23.8. The van der Waals surface area contributed by atoms with Crippen molar-refractivity contribution >= 4 is 23.1 Å². The molecular formula is C25H31N5O3. The van der Waals surface area contributed by atoms with Gasteiger partial charge in [-0.2, -0.15) is 0 Å². The molecule has 2 aromatic carbocycles. The summed E-state index contributed by atoms with van der Waals surface area (Å²) in [5, 5.41) is 0. The Bertz CT molecular complexity index is 1170. The quantitative estimate of drug-likeness (QED) is 0.495.